The number of hydrogen-bond acceptors (Lipinski definition) is 6. The topological polar surface area (TPSA) is 108 Å². The van der Waals surface area contributed by atoms with Gasteiger partial charge >= 0.3 is 0 Å². The van der Waals surface area contributed by atoms with Crippen molar-refractivity contribution in [2.75, 3.05) is 32.1 Å². The first-order valence-corrected chi connectivity index (χ1v) is 12.7. The summed E-state index contributed by atoms with van der Waals surface area (Å²) < 4.78 is 32.9. The first-order chi connectivity index (χ1) is 15.8. The van der Waals surface area contributed by atoms with E-state index < -0.39 is 21.7 Å². The molecule has 9 heteroatoms. The molecule has 0 bridgehead atoms. The van der Waals surface area contributed by atoms with E-state index in [1.54, 1.807) is 36.4 Å². The summed E-state index contributed by atoms with van der Waals surface area (Å²) in [6.07, 6.45) is -0.995. The molecular formula is C25H37N3O5S. The average Bonchev–Trinajstić information content (AvgIpc) is 2.76. The molecule has 2 aromatic carbocycles. The number of rotatable bonds is 11. The van der Waals surface area contributed by atoms with Crippen LogP contribution in [0.1, 0.15) is 45.0 Å². The van der Waals surface area contributed by atoms with Gasteiger partial charge in [-0.2, -0.15) is 4.31 Å². The van der Waals surface area contributed by atoms with Gasteiger partial charge in [-0.15, -0.1) is 0 Å². The number of carbonyl (C=O) groups excluding carboxylic acids is 1. The molecule has 3 N–H and O–H groups in total. The van der Waals surface area contributed by atoms with Crippen molar-refractivity contribution < 1.29 is 23.1 Å². The summed E-state index contributed by atoms with van der Waals surface area (Å²) in [5.41, 5.74) is 0.628. The first kappa shape index (κ1) is 27.6. The average molecular weight is 492 g/mol. The molecule has 0 saturated carbocycles. The van der Waals surface area contributed by atoms with Crippen LogP contribution in [0.15, 0.2) is 53.4 Å². The molecule has 0 heterocycles. The smallest absolute Gasteiger partial charge is 0.253 e. The molecule has 0 aliphatic carbocycles. The number of aliphatic hydroxyl groups is 1. The number of para-hydroxylation sites is 1. The van der Waals surface area contributed by atoms with Crippen LogP contribution in [0.2, 0.25) is 0 Å². The Bertz CT molecular complexity index is 1050. The normalized spacial score (nSPS) is 13.1. The summed E-state index contributed by atoms with van der Waals surface area (Å²) in [7, 11) is -2.30. The summed E-state index contributed by atoms with van der Waals surface area (Å²) in [6.45, 7) is 9.79. The molecule has 1 amide bonds. The molecule has 0 aliphatic heterocycles. The maximum atomic E-state index is 13.3. The van der Waals surface area contributed by atoms with E-state index in [1.807, 2.05) is 34.6 Å². The van der Waals surface area contributed by atoms with Crippen molar-refractivity contribution in [2.24, 2.45) is 5.92 Å². The monoisotopic (exact) mass is 491 g/mol. The summed E-state index contributed by atoms with van der Waals surface area (Å²) in [5, 5.41) is 16.7. The van der Waals surface area contributed by atoms with Gasteiger partial charge in [-0.05, 0) is 63.1 Å². The SMILES string of the molecule is COc1ccc(S(=O)(=O)N(CC(C)C)CC(O)CNc2ccccc2C(=O)NC(C)(C)C)cc1. The van der Waals surface area contributed by atoms with Gasteiger partial charge in [0.15, 0.2) is 0 Å². The van der Waals surface area contributed by atoms with Gasteiger partial charge in [-0.1, -0.05) is 26.0 Å². The Hall–Kier alpha value is -2.62. The molecule has 2 rings (SSSR count). The van der Waals surface area contributed by atoms with E-state index in [4.69, 9.17) is 4.74 Å². The van der Waals surface area contributed by atoms with E-state index in [-0.39, 0.29) is 36.4 Å². The third kappa shape index (κ3) is 8.00. The Balaban J connectivity index is 2.14. The van der Waals surface area contributed by atoms with Crippen molar-refractivity contribution in [2.45, 2.75) is 51.2 Å². The minimum atomic E-state index is -3.82. The first-order valence-electron chi connectivity index (χ1n) is 11.3. The van der Waals surface area contributed by atoms with E-state index in [0.717, 1.165) is 0 Å². The van der Waals surface area contributed by atoms with Crippen LogP contribution >= 0.6 is 0 Å². The Kier molecular flexibility index (Phi) is 9.49. The van der Waals surface area contributed by atoms with Crippen LogP contribution < -0.4 is 15.4 Å². The molecular weight excluding hydrogens is 454 g/mol. The third-order valence-electron chi connectivity index (χ3n) is 4.87. The van der Waals surface area contributed by atoms with Gasteiger partial charge < -0.3 is 20.5 Å². The number of anilines is 1. The van der Waals surface area contributed by atoms with Crippen molar-refractivity contribution in [1.82, 2.24) is 9.62 Å². The Morgan fingerprint density at radius 2 is 1.68 bits per heavy atom. The van der Waals surface area contributed by atoms with Gasteiger partial charge in [-0.25, -0.2) is 8.42 Å². The Morgan fingerprint density at radius 1 is 1.06 bits per heavy atom. The lowest BCUT2D eigenvalue weighted by atomic mass is 10.1. The highest BCUT2D eigenvalue weighted by molar-refractivity contribution is 7.89. The highest BCUT2D eigenvalue weighted by Crippen LogP contribution is 2.21. The second-order valence-corrected chi connectivity index (χ2v) is 11.6. The van der Waals surface area contributed by atoms with Crippen molar-refractivity contribution >= 4 is 21.6 Å². The summed E-state index contributed by atoms with van der Waals surface area (Å²) in [6, 6.07) is 13.2. The molecule has 2 aromatic rings. The van der Waals surface area contributed by atoms with Crippen molar-refractivity contribution in [3.63, 3.8) is 0 Å². The number of ether oxygens (including phenoxy) is 1. The van der Waals surface area contributed by atoms with Gasteiger partial charge in [0, 0.05) is 30.9 Å². The maximum Gasteiger partial charge on any atom is 0.253 e. The van der Waals surface area contributed by atoms with Gasteiger partial charge in [0.05, 0.1) is 23.7 Å². The number of methoxy groups -OCH3 is 1. The van der Waals surface area contributed by atoms with Crippen LogP contribution in [0.4, 0.5) is 5.69 Å². The molecule has 8 nitrogen and oxygen atoms in total. The van der Waals surface area contributed by atoms with E-state index in [2.05, 4.69) is 10.6 Å². The van der Waals surface area contributed by atoms with Gasteiger partial charge in [0.1, 0.15) is 5.75 Å². The predicted molar refractivity (Wildman–Crippen MR) is 135 cm³/mol. The molecule has 0 radical (unpaired) electrons. The van der Waals surface area contributed by atoms with Gasteiger partial charge in [-0.3, -0.25) is 4.79 Å². The number of amides is 1. The van der Waals surface area contributed by atoms with E-state index in [9.17, 15) is 18.3 Å². The lowest BCUT2D eigenvalue weighted by Gasteiger charge is -2.27. The summed E-state index contributed by atoms with van der Waals surface area (Å²) in [4.78, 5) is 12.8. The van der Waals surface area contributed by atoms with Crippen molar-refractivity contribution in [1.29, 1.82) is 0 Å². The zero-order valence-electron chi connectivity index (χ0n) is 20.8. The van der Waals surface area contributed by atoms with Crippen LogP contribution in [0.5, 0.6) is 5.75 Å². The number of carbonyl (C=O) groups is 1. The number of nitrogens with zero attached hydrogens (tertiary/aromatic N) is 1. The lowest BCUT2D eigenvalue weighted by Crippen LogP contribution is -2.42. The molecule has 0 spiro atoms. The maximum absolute atomic E-state index is 13.3. The zero-order chi connectivity index (χ0) is 25.5. The molecule has 0 saturated heterocycles. The van der Waals surface area contributed by atoms with Crippen LogP contribution in [0, 0.1) is 5.92 Å². The second kappa shape index (κ2) is 11.7. The highest BCUT2D eigenvalue weighted by Gasteiger charge is 2.27. The van der Waals surface area contributed by atoms with Gasteiger partial charge in [0.25, 0.3) is 5.91 Å². The van der Waals surface area contributed by atoms with Crippen LogP contribution in [0.3, 0.4) is 0 Å². The van der Waals surface area contributed by atoms with E-state index in [1.165, 1.54) is 23.5 Å². The molecule has 0 fully saturated rings. The summed E-state index contributed by atoms with van der Waals surface area (Å²) >= 11 is 0. The quantitative estimate of drug-likeness (QED) is 0.445. The highest BCUT2D eigenvalue weighted by atomic mass is 32.2. The number of benzene rings is 2. The predicted octanol–water partition coefficient (Wildman–Crippen LogP) is 3.34. The number of nitrogens with one attached hydrogen (secondary N) is 2. The zero-order valence-corrected chi connectivity index (χ0v) is 21.6. The largest absolute Gasteiger partial charge is 0.497 e. The van der Waals surface area contributed by atoms with E-state index >= 15 is 0 Å². The second-order valence-electron chi connectivity index (χ2n) is 9.68. The molecule has 1 atom stereocenters. The van der Waals surface area contributed by atoms with Crippen molar-refractivity contribution in [3.05, 3.63) is 54.1 Å². The van der Waals surface area contributed by atoms with Crippen LogP contribution in [-0.2, 0) is 10.0 Å². The minimum Gasteiger partial charge on any atom is -0.497 e. The molecule has 34 heavy (non-hydrogen) atoms. The lowest BCUT2D eigenvalue weighted by molar-refractivity contribution is 0.0920. The molecule has 188 valence electrons. The number of hydrogen-bond donors (Lipinski definition) is 3. The third-order valence-corrected chi connectivity index (χ3v) is 6.71. The van der Waals surface area contributed by atoms with E-state index in [0.29, 0.717) is 17.0 Å². The number of aliphatic hydroxyl groups excluding tert-OH is 1. The van der Waals surface area contributed by atoms with Crippen LogP contribution in [-0.4, -0.2) is 62.1 Å². The summed E-state index contributed by atoms with van der Waals surface area (Å²) in [5.74, 6) is 0.399. The Labute approximate surface area is 203 Å². The molecule has 0 aliphatic rings. The standard InChI is InChI=1S/C25H37N3O5S/c1-18(2)16-28(34(31,32)21-13-11-20(33-6)12-14-21)17-19(29)15-26-23-10-8-7-9-22(23)24(30)27-25(3,4)5/h7-14,18-19,26,29H,15-17H2,1-6H3,(H,27,30). The van der Waals surface area contributed by atoms with Crippen LogP contribution in [0.25, 0.3) is 0 Å². The molecule has 1 unspecified atom stereocenters. The Morgan fingerprint density at radius 3 is 2.24 bits per heavy atom. The molecule has 0 aromatic heterocycles. The van der Waals surface area contributed by atoms with Crippen molar-refractivity contribution in [3.8, 4) is 5.75 Å². The minimum absolute atomic E-state index is 0.0648. The fourth-order valence-corrected chi connectivity index (χ4v) is 4.99. The fraction of sp³-hybridized carbons (Fsp3) is 0.480. The number of sulfonamides is 1. The fourth-order valence-electron chi connectivity index (χ4n) is 3.35. The van der Waals surface area contributed by atoms with Gasteiger partial charge in [0.2, 0.25) is 10.0 Å².